The summed E-state index contributed by atoms with van der Waals surface area (Å²) in [6.07, 6.45) is 1.58. The van der Waals surface area contributed by atoms with Crippen molar-refractivity contribution in [3.05, 3.63) is 52.9 Å². The Morgan fingerprint density at radius 3 is 2.88 bits per heavy atom. The molecule has 0 amide bonds. The molecule has 0 saturated carbocycles. The normalized spacial score (nSPS) is 10.3. The fraction of sp³-hybridized carbons (Fsp3) is 0.0833. The lowest BCUT2D eigenvalue weighted by Crippen LogP contribution is -2.00. The summed E-state index contributed by atoms with van der Waals surface area (Å²) in [6.45, 7) is 0.305. The average molecular weight is 253 g/mol. The molecular weight excluding hydrogens is 243 g/mol. The molecule has 0 atom stereocenters. The van der Waals surface area contributed by atoms with E-state index in [-0.39, 0.29) is 5.02 Å². The standard InChI is InChI=1S/C12H10ClFN2O/c13-10-4-3-9(6-11(10)14)17-12-8(7-15)2-1-5-16-12/h1-6H,7,15H2. The lowest BCUT2D eigenvalue weighted by molar-refractivity contribution is 0.452. The molecule has 0 saturated heterocycles. The van der Waals surface area contributed by atoms with Crippen LogP contribution in [0, 0.1) is 5.82 Å². The van der Waals surface area contributed by atoms with Crippen molar-refractivity contribution >= 4 is 11.6 Å². The number of aromatic nitrogens is 1. The molecule has 0 radical (unpaired) electrons. The Hall–Kier alpha value is -1.65. The second-order valence-electron chi connectivity index (χ2n) is 3.35. The van der Waals surface area contributed by atoms with Crippen molar-refractivity contribution in [2.24, 2.45) is 5.73 Å². The van der Waals surface area contributed by atoms with Gasteiger partial charge >= 0.3 is 0 Å². The number of benzene rings is 1. The molecule has 5 heteroatoms. The number of hydrogen-bond acceptors (Lipinski definition) is 3. The molecule has 1 aromatic carbocycles. The van der Waals surface area contributed by atoms with Crippen LogP contribution in [0.4, 0.5) is 4.39 Å². The molecule has 2 rings (SSSR count). The van der Waals surface area contributed by atoms with Crippen LogP contribution in [-0.2, 0) is 6.54 Å². The first-order valence-corrected chi connectivity index (χ1v) is 5.35. The van der Waals surface area contributed by atoms with Crippen LogP contribution < -0.4 is 10.5 Å². The summed E-state index contributed by atoms with van der Waals surface area (Å²) in [4.78, 5) is 4.04. The van der Waals surface area contributed by atoms with Crippen molar-refractivity contribution < 1.29 is 9.13 Å². The van der Waals surface area contributed by atoms with Gasteiger partial charge in [0.15, 0.2) is 0 Å². The van der Waals surface area contributed by atoms with Gasteiger partial charge in [0, 0.05) is 24.4 Å². The Balaban J connectivity index is 2.28. The zero-order valence-corrected chi connectivity index (χ0v) is 9.62. The minimum atomic E-state index is -0.533. The Kier molecular flexibility index (Phi) is 3.56. The van der Waals surface area contributed by atoms with Gasteiger partial charge < -0.3 is 10.5 Å². The van der Waals surface area contributed by atoms with E-state index in [1.165, 1.54) is 12.1 Å². The van der Waals surface area contributed by atoms with Crippen LogP contribution in [0.5, 0.6) is 11.6 Å². The van der Waals surface area contributed by atoms with Crippen molar-refractivity contribution in [3.63, 3.8) is 0 Å². The molecule has 0 unspecified atom stereocenters. The maximum Gasteiger partial charge on any atom is 0.223 e. The third-order valence-electron chi connectivity index (χ3n) is 2.18. The van der Waals surface area contributed by atoms with Crippen LogP contribution in [0.15, 0.2) is 36.5 Å². The zero-order chi connectivity index (χ0) is 12.3. The summed E-state index contributed by atoms with van der Waals surface area (Å²) in [7, 11) is 0. The molecule has 0 bridgehead atoms. The molecule has 2 N–H and O–H groups in total. The Morgan fingerprint density at radius 2 is 2.18 bits per heavy atom. The number of halogens is 2. The quantitative estimate of drug-likeness (QED) is 0.913. The second kappa shape index (κ2) is 5.12. The molecule has 0 aliphatic rings. The maximum atomic E-state index is 13.2. The highest BCUT2D eigenvalue weighted by molar-refractivity contribution is 6.30. The highest BCUT2D eigenvalue weighted by atomic mass is 35.5. The molecule has 88 valence electrons. The number of ether oxygens (including phenoxy) is 1. The van der Waals surface area contributed by atoms with E-state index in [9.17, 15) is 4.39 Å². The smallest absolute Gasteiger partial charge is 0.223 e. The highest BCUT2D eigenvalue weighted by Crippen LogP contribution is 2.26. The highest BCUT2D eigenvalue weighted by Gasteiger charge is 2.06. The molecular formula is C12H10ClFN2O. The van der Waals surface area contributed by atoms with Gasteiger partial charge in [-0.3, -0.25) is 0 Å². The largest absolute Gasteiger partial charge is 0.439 e. The van der Waals surface area contributed by atoms with Crippen LogP contribution in [-0.4, -0.2) is 4.98 Å². The molecule has 17 heavy (non-hydrogen) atoms. The van der Waals surface area contributed by atoms with Crippen LogP contribution >= 0.6 is 11.6 Å². The first-order valence-electron chi connectivity index (χ1n) is 4.97. The van der Waals surface area contributed by atoms with Crippen molar-refractivity contribution in [1.82, 2.24) is 4.98 Å². The summed E-state index contributed by atoms with van der Waals surface area (Å²) < 4.78 is 18.7. The van der Waals surface area contributed by atoms with Gasteiger partial charge in [0.2, 0.25) is 5.88 Å². The molecule has 1 aromatic heterocycles. The van der Waals surface area contributed by atoms with Gasteiger partial charge in [0.25, 0.3) is 0 Å². The molecule has 0 fully saturated rings. The molecule has 0 aliphatic heterocycles. The van der Waals surface area contributed by atoms with Crippen LogP contribution in [0.3, 0.4) is 0 Å². The van der Waals surface area contributed by atoms with Gasteiger partial charge in [-0.05, 0) is 18.2 Å². The van der Waals surface area contributed by atoms with E-state index < -0.39 is 5.82 Å². The molecule has 0 aliphatic carbocycles. The van der Waals surface area contributed by atoms with E-state index in [0.29, 0.717) is 18.2 Å². The van der Waals surface area contributed by atoms with Gasteiger partial charge in [0.1, 0.15) is 11.6 Å². The van der Waals surface area contributed by atoms with E-state index >= 15 is 0 Å². The first-order chi connectivity index (χ1) is 8.20. The SMILES string of the molecule is NCc1cccnc1Oc1ccc(Cl)c(F)c1. The van der Waals surface area contributed by atoms with Crippen molar-refractivity contribution in [2.75, 3.05) is 0 Å². The number of rotatable bonds is 3. The third-order valence-corrected chi connectivity index (χ3v) is 2.48. The number of hydrogen-bond donors (Lipinski definition) is 1. The Morgan fingerprint density at radius 1 is 1.35 bits per heavy atom. The Labute approximate surface area is 103 Å². The van der Waals surface area contributed by atoms with E-state index in [2.05, 4.69) is 4.98 Å². The molecule has 3 nitrogen and oxygen atoms in total. The Bertz CT molecular complexity index is 534. The first kappa shape index (κ1) is 11.8. The topological polar surface area (TPSA) is 48.1 Å². The fourth-order valence-electron chi connectivity index (χ4n) is 1.32. The van der Waals surface area contributed by atoms with Crippen LogP contribution in [0.2, 0.25) is 5.02 Å². The summed E-state index contributed by atoms with van der Waals surface area (Å²) in [5.74, 6) is 0.173. The number of nitrogens with zero attached hydrogens (tertiary/aromatic N) is 1. The van der Waals surface area contributed by atoms with E-state index in [4.69, 9.17) is 22.1 Å². The van der Waals surface area contributed by atoms with Crippen molar-refractivity contribution in [2.45, 2.75) is 6.54 Å². The lowest BCUT2D eigenvalue weighted by atomic mass is 10.3. The lowest BCUT2D eigenvalue weighted by Gasteiger charge is -2.08. The van der Waals surface area contributed by atoms with E-state index in [1.807, 2.05) is 0 Å². The second-order valence-corrected chi connectivity index (χ2v) is 3.76. The van der Waals surface area contributed by atoms with Crippen molar-refractivity contribution in [3.8, 4) is 11.6 Å². The predicted molar refractivity (Wildman–Crippen MR) is 63.6 cm³/mol. The van der Waals surface area contributed by atoms with Gasteiger partial charge in [-0.1, -0.05) is 17.7 Å². The van der Waals surface area contributed by atoms with Crippen molar-refractivity contribution in [1.29, 1.82) is 0 Å². The molecule has 1 heterocycles. The summed E-state index contributed by atoms with van der Waals surface area (Å²) in [5, 5.41) is 0.0532. The van der Waals surface area contributed by atoms with E-state index in [1.54, 1.807) is 24.4 Å². The van der Waals surface area contributed by atoms with Crippen LogP contribution in [0.25, 0.3) is 0 Å². The molecule has 0 spiro atoms. The summed E-state index contributed by atoms with van der Waals surface area (Å²) in [5.41, 5.74) is 6.30. The summed E-state index contributed by atoms with van der Waals surface area (Å²) in [6, 6.07) is 7.76. The average Bonchev–Trinajstić information content (AvgIpc) is 2.34. The van der Waals surface area contributed by atoms with E-state index in [0.717, 1.165) is 5.56 Å². The van der Waals surface area contributed by atoms with Gasteiger partial charge in [-0.25, -0.2) is 9.37 Å². The minimum Gasteiger partial charge on any atom is -0.439 e. The van der Waals surface area contributed by atoms with Gasteiger partial charge in [0.05, 0.1) is 5.02 Å². The predicted octanol–water partition coefficient (Wildman–Crippen LogP) is 3.13. The fourth-order valence-corrected chi connectivity index (χ4v) is 1.44. The zero-order valence-electron chi connectivity index (χ0n) is 8.86. The van der Waals surface area contributed by atoms with Gasteiger partial charge in [-0.2, -0.15) is 0 Å². The number of nitrogens with two attached hydrogens (primary N) is 1. The van der Waals surface area contributed by atoms with Gasteiger partial charge in [-0.15, -0.1) is 0 Å². The monoisotopic (exact) mass is 252 g/mol. The number of pyridine rings is 1. The minimum absolute atomic E-state index is 0.0532. The van der Waals surface area contributed by atoms with Crippen LogP contribution in [0.1, 0.15) is 5.56 Å². The molecule has 2 aromatic rings. The maximum absolute atomic E-state index is 13.2. The third kappa shape index (κ3) is 2.72. The summed E-state index contributed by atoms with van der Waals surface area (Å²) >= 11 is 5.58.